The lowest BCUT2D eigenvalue weighted by atomic mass is 10.2. The lowest BCUT2D eigenvalue weighted by molar-refractivity contribution is 0.102. The second-order valence-electron chi connectivity index (χ2n) is 4.33. The molecule has 1 aliphatic rings. The molecule has 2 aromatic rings. The van der Waals surface area contributed by atoms with Crippen molar-refractivity contribution in [3.05, 3.63) is 40.1 Å². The van der Waals surface area contributed by atoms with E-state index in [0.29, 0.717) is 5.01 Å². The highest BCUT2D eigenvalue weighted by atomic mass is 32.1. The zero-order chi connectivity index (χ0) is 13.1. The third kappa shape index (κ3) is 2.80. The number of amides is 1. The van der Waals surface area contributed by atoms with Gasteiger partial charge in [0.15, 0.2) is 5.01 Å². The fourth-order valence-corrected chi connectivity index (χ4v) is 3.03. The number of rotatable bonds is 2. The average Bonchev–Trinajstić information content (AvgIpc) is 2.72. The molecule has 0 unspecified atom stereocenters. The molecule has 0 atom stereocenters. The predicted octanol–water partition coefficient (Wildman–Crippen LogP) is 1.48. The Morgan fingerprint density at radius 3 is 2.89 bits per heavy atom. The van der Waals surface area contributed by atoms with Crippen LogP contribution in [0.3, 0.4) is 0 Å². The Kier molecular flexibility index (Phi) is 3.52. The van der Waals surface area contributed by atoms with Crippen molar-refractivity contribution in [3.8, 4) is 0 Å². The van der Waals surface area contributed by atoms with Gasteiger partial charge in [-0.1, -0.05) is 0 Å². The molecule has 98 valence electrons. The van der Waals surface area contributed by atoms with E-state index in [1.54, 1.807) is 24.5 Å². The van der Waals surface area contributed by atoms with Crippen LogP contribution in [0.15, 0.2) is 24.5 Å². The van der Waals surface area contributed by atoms with Crippen molar-refractivity contribution in [1.82, 2.24) is 15.3 Å². The molecule has 0 spiro atoms. The number of carbonyl (C=O) groups excluding carboxylic acids is 1. The van der Waals surface area contributed by atoms with Crippen LogP contribution in [-0.4, -0.2) is 29.0 Å². The van der Waals surface area contributed by atoms with Gasteiger partial charge in [0.1, 0.15) is 0 Å². The van der Waals surface area contributed by atoms with Gasteiger partial charge in [-0.05, 0) is 18.6 Å². The Balaban J connectivity index is 1.77. The van der Waals surface area contributed by atoms with E-state index >= 15 is 0 Å². The SMILES string of the molecule is O=C(Nc1ccncc1)c1nc2c(s1)CCNCC2. The number of thiazole rings is 1. The van der Waals surface area contributed by atoms with Crippen molar-refractivity contribution in [3.63, 3.8) is 0 Å². The van der Waals surface area contributed by atoms with Crippen LogP contribution >= 0.6 is 11.3 Å². The second-order valence-corrected chi connectivity index (χ2v) is 5.41. The van der Waals surface area contributed by atoms with Gasteiger partial charge < -0.3 is 10.6 Å². The van der Waals surface area contributed by atoms with Gasteiger partial charge in [-0.3, -0.25) is 9.78 Å². The molecule has 0 radical (unpaired) electrons. The first-order valence-corrected chi connectivity index (χ1v) is 7.05. The summed E-state index contributed by atoms with van der Waals surface area (Å²) < 4.78 is 0. The molecule has 0 aromatic carbocycles. The van der Waals surface area contributed by atoms with Crippen molar-refractivity contribution >= 4 is 22.9 Å². The molecule has 0 saturated heterocycles. The lowest BCUT2D eigenvalue weighted by Gasteiger charge is -2.01. The van der Waals surface area contributed by atoms with Crippen molar-refractivity contribution in [2.24, 2.45) is 0 Å². The third-order valence-corrected chi connectivity index (χ3v) is 4.13. The Labute approximate surface area is 115 Å². The second kappa shape index (κ2) is 5.46. The molecule has 1 amide bonds. The van der Waals surface area contributed by atoms with E-state index in [2.05, 4.69) is 20.6 Å². The minimum atomic E-state index is -0.141. The van der Waals surface area contributed by atoms with Gasteiger partial charge in [0.05, 0.1) is 5.69 Å². The van der Waals surface area contributed by atoms with Crippen LogP contribution in [0.1, 0.15) is 20.4 Å². The molecule has 19 heavy (non-hydrogen) atoms. The van der Waals surface area contributed by atoms with Crippen molar-refractivity contribution in [2.45, 2.75) is 12.8 Å². The first-order valence-electron chi connectivity index (χ1n) is 6.23. The average molecular weight is 274 g/mol. The van der Waals surface area contributed by atoms with Gasteiger partial charge in [-0.25, -0.2) is 4.98 Å². The number of hydrogen-bond acceptors (Lipinski definition) is 5. The van der Waals surface area contributed by atoms with E-state index in [0.717, 1.165) is 37.3 Å². The number of nitrogens with zero attached hydrogens (tertiary/aromatic N) is 2. The van der Waals surface area contributed by atoms with Gasteiger partial charge in [0.2, 0.25) is 0 Å². The Morgan fingerprint density at radius 2 is 2.05 bits per heavy atom. The number of hydrogen-bond donors (Lipinski definition) is 2. The highest BCUT2D eigenvalue weighted by molar-refractivity contribution is 7.13. The zero-order valence-electron chi connectivity index (χ0n) is 10.3. The normalized spacial score (nSPS) is 14.5. The van der Waals surface area contributed by atoms with Crippen LogP contribution in [0.4, 0.5) is 5.69 Å². The molecule has 1 aliphatic heterocycles. The quantitative estimate of drug-likeness (QED) is 0.870. The fourth-order valence-electron chi connectivity index (χ4n) is 2.02. The van der Waals surface area contributed by atoms with Gasteiger partial charge in [0, 0.05) is 42.5 Å². The minimum Gasteiger partial charge on any atom is -0.320 e. The number of aromatic nitrogens is 2. The Morgan fingerprint density at radius 1 is 1.26 bits per heavy atom. The van der Waals surface area contributed by atoms with Gasteiger partial charge in [-0.15, -0.1) is 11.3 Å². The van der Waals surface area contributed by atoms with Crippen LogP contribution in [0, 0.1) is 0 Å². The molecule has 0 saturated carbocycles. The molecule has 0 aliphatic carbocycles. The highest BCUT2D eigenvalue weighted by Gasteiger charge is 2.18. The zero-order valence-corrected chi connectivity index (χ0v) is 11.2. The molecule has 6 heteroatoms. The van der Waals surface area contributed by atoms with Crippen LogP contribution in [0.5, 0.6) is 0 Å². The summed E-state index contributed by atoms with van der Waals surface area (Å²) in [7, 11) is 0. The van der Waals surface area contributed by atoms with Crippen molar-refractivity contribution in [1.29, 1.82) is 0 Å². The predicted molar refractivity (Wildman–Crippen MR) is 74.6 cm³/mol. The lowest BCUT2D eigenvalue weighted by Crippen LogP contribution is -2.17. The summed E-state index contributed by atoms with van der Waals surface area (Å²) in [5, 5.41) is 6.71. The summed E-state index contributed by atoms with van der Waals surface area (Å²) in [5.41, 5.74) is 1.81. The van der Waals surface area contributed by atoms with E-state index < -0.39 is 0 Å². The molecular formula is C13H14N4OS. The number of nitrogens with one attached hydrogen (secondary N) is 2. The maximum absolute atomic E-state index is 12.1. The molecule has 2 aromatic heterocycles. The number of carbonyl (C=O) groups is 1. The van der Waals surface area contributed by atoms with E-state index in [1.807, 2.05) is 0 Å². The van der Waals surface area contributed by atoms with Crippen LogP contribution in [0.25, 0.3) is 0 Å². The molecule has 2 N–H and O–H groups in total. The Hall–Kier alpha value is -1.79. The molecular weight excluding hydrogens is 260 g/mol. The third-order valence-electron chi connectivity index (χ3n) is 2.98. The summed E-state index contributed by atoms with van der Waals surface area (Å²) in [5.74, 6) is -0.141. The maximum Gasteiger partial charge on any atom is 0.284 e. The number of fused-ring (bicyclic) bond motifs is 1. The fraction of sp³-hybridized carbons (Fsp3) is 0.308. The van der Waals surface area contributed by atoms with Crippen molar-refractivity contribution < 1.29 is 4.79 Å². The summed E-state index contributed by atoms with van der Waals surface area (Å²) in [6.07, 6.45) is 5.15. The van der Waals surface area contributed by atoms with E-state index in [1.165, 1.54) is 16.2 Å². The molecule has 0 fully saturated rings. The highest BCUT2D eigenvalue weighted by Crippen LogP contribution is 2.22. The van der Waals surface area contributed by atoms with Crippen LogP contribution in [-0.2, 0) is 12.8 Å². The van der Waals surface area contributed by atoms with E-state index in [9.17, 15) is 4.79 Å². The van der Waals surface area contributed by atoms with E-state index in [4.69, 9.17) is 0 Å². The van der Waals surface area contributed by atoms with Gasteiger partial charge in [-0.2, -0.15) is 0 Å². The van der Waals surface area contributed by atoms with Crippen LogP contribution in [0.2, 0.25) is 0 Å². The first kappa shape index (κ1) is 12.3. The first-order chi connectivity index (χ1) is 9.33. The standard InChI is InChI=1S/C13H14N4OS/c18-12(16-9-1-5-14-6-2-9)13-17-10-3-7-15-8-4-11(10)19-13/h1-2,5-6,15H,3-4,7-8H2,(H,14,16,18). The van der Waals surface area contributed by atoms with Crippen LogP contribution < -0.4 is 10.6 Å². The summed E-state index contributed by atoms with van der Waals surface area (Å²) in [6, 6.07) is 3.53. The summed E-state index contributed by atoms with van der Waals surface area (Å²) >= 11 is 1.50. The van der Waals surface area contributed by atoms with E-state index in [-0.39, 0.29) is 5.91 Å². The van der Waals surface area contributed by atoms with Gasteiger partial charge in [0.25, 0.3) is 5.91 Å². The summed E-state index contributed by atoms with van der Waals surface area (Å²) in [4.78, 5) is 21.7. The monoisotopic (exact) mass is 274 g/mol. The maximum atomic E-state index is 12.1. The molecule has 3 heterocycles. The topological polar surface area (TPSA) is 66.9 Å². The smallest absolute Gasteiger partial charge is 0.284 e. The summed E-state index contributed by atoms with van der Waals surface area (Å²) in [6.45, 7) is 1.89. The molecule has 0 bridgehead atoms. The largest absolute Gasteiger partial charge is 0.320 e. The molecule has 5 nitrogen and oxygen atoms in total. The van der Waals surface area contributed by atoms with Crippen molar-refractivity contribution in [2.75, 3.05) is 18.4 Å². The molecule has 3 rings (SSSR count). The Bertz CT molecular complexity index is 558. The van der Waals surface area contributed by atoms with Gasteiger partial charge >= 0.3 is 0 Å². The number of pyridine rings is 1. The number of anilines is 1. The minimum absolute atomic E-state index is 0.141.